The number of hydrogen-bond donors (Lipinski definition) is 1. The van der Waals surface area contributed by atoms with Crippen molar-refractivity contribution in [3.63, 3.8) is 0 Å². The summed E-state index contributed by atoms with van der Waals surface area (Å²) in [4.78, 5) is 0. The maximum absolute atomic E-state index is 11.7. The molecule has 88 valence electrons. The van der Waals surface area contributed by atoms with E-state index in [2.05, 4.69) is 5.32 Å². The zero-order chi connectivity index (χ0) is 11.1. The molecule has 1 N–H and O–H groups in total. The second-order valence-electron chi connectivity index (χ2n) is 4.68. The Balaban J connectivity index is 2.06. The molecule has 2 rings (SSSR count). The van der Waals surface area contributed by atoms with Gasteiger partial charge in [-0.05, 0) is 32.6 Å². The zero-order valence-corrected chi connectivity index (χ0v) is 10.3. The molecule has 0 radical (unpaired) electrons. The summed E-state index contributed by atoms with van der Waals surface area (Å²) < 4.78 is 25.1. The molecular weight excluding hydrogens is 212 g/mol. The molecule has 0 aromatic carbocycles. The second kappa shape index (κ2) is 4.03. The van der Waals surface area contributed by atoms with Gasteiger partial charge in [-0.25, -0.2) is 12.7 Å². The molecule has 2 aliphatic rings. The van der Waals surface area contributed by atoms with Gasteiger partial charge in [-0.2, -0.15) is 0 Å². The van der Waals surface area contributed by atoms with Crippen molar-refractivity contribution in [2.24, 2.45) is 0 Å². The third-order valence-electron chi connectivity index (χ3n) is 3.77. The molecule has 0 saturated carbocycles. The van der Waals surface area contributed by atoms with Crippen molar-refractivity contribution < 1.29 is 8.42 Å². The van der Waals surface area contributed by atoms with Gasteiger partial charge >= 0.3 is 0 Å². The van der Waals surface area contributed by atoms with Crippen LogP contribution in [-0.2, 0) is 10.0 Å². The molecule has 2 fully saturated rings. The fraction of sp³-hybridized carbons (Fsp3) is 1.00. The van der Waals surface area contributed by atoms with Gasteiger partial charge in [-0.1, -0.05) is 0 Å². The Bertz CT molecular complexity index is 316. The van der Waals surface area contributed by atoms with Gasteiger partial charge in [-0.15, -0.1) is 0 Å². The van der Waals surface area contributed by atoms with Crippen LogP contribution in [0.4, 0.5) is 0 Å². The van der Waals surface area contributed by atoms with E-state index < -0.39 is 10.0 Å². The van der Waals surface area contributed by atoms with Crippen LogP contribution in [0.2, 0.25) is 0 Å². The molecule has 0 spiro atoms. The maximum atomic E-state index is 11.7. The van der Waals surface area contributed by atoms with Crippen molar-refractivity contribution in [2.75, 3.05) is 12.8 Å². The minimum absolute atomic E-state index is 0.211. The Labute approximate surface area is 92.1 Å². The summed E-state index contributed by atoms with van der Waals surface area (Å²) in [5.74, 6) is 0.211. The number of hydrogen-bond acceptors (Lipinski definition) is 3. The zero-order valence-electron chi connectivity index (χ0n) is 9.44. The molecule has 0 aliphatic carbocycles. The molecule has 4 nitrogen and oxygen atoms in total. The standard InChI is InChI=1S/C10H20N2O2S/c1-3-15(13,14)12(2)10-6-8-4-5-9(7-10)11-8/h8-11H,3-7H2,1-2H3. The highest BCUT2D eigenvalue weighted by Gasteiger charge is 2.37. The average molecular weight is 232 g/mol. The number of sulfonamides is 1. The number of rotatable bonds is 3. The third-order valence-corrected chi connectivity index (χ3v) is 5.67. The monoisotopic (exact) mass is 232 g/mol. The van der Waals surface area contributed by atoms with Crippen LogP contribution in [0.3, 0.4) is 0 Å². The summed E-state index contributed by atoms with van der Waals surface area (Å²) >= 11 is 0. The Hall–Kier alpha value is -0.130. The summed E-state index contributed by atoms with van der Waals surface area (Å²) in [6, 6.07) is 1.31. The van der Waals surface area contributed by atoms with E-state index in [9.17, 15) is 8.42 Å². The molecule has 5 heteroatoms. The van der Waals surface area contributed by atoms with E-state index in [0.29, 0.717) is 12.1 Å². The van der Waals surface area contributed by atoms with Gasteiger partial charge in [0.15, 0.2) is 0 Å². The van der Waals surface area contributed by atoms with E-state index in [1.807, 2.05) is 0 Å². The summed E-state index contributed by atoms with van der Waals surface area (Å²) in [6.07, 6.45) is 4.38. The largest absolute Gasteiger partial charge is 0.311 e. The molecule has 2 unspecified atom stereocenters. The lowest BCUT2D eigenvalue weighted by Gasteiger charge is -2.34. The Kier molecular flexibility index (Phi) is 3.05. The molecular formula is C10H20N2O2S. The third kappa shape index (κ3) is 2.19. The van der Waals surface area contributed by atoms with Gasteiger partial charge in [0.05, 0.1) is 5.75 Å². The van der Waals surface area contributed by atoms with Crippen LogP contribution < -0.4 is 5.32 Å². The van der Waals surface area contributed by atoms with Gasteiger partial charge in [0, 0.05) is 25.2 Å². The number of piperidine rings is 1. The van der Waals surface area contributed by atoms with E-state index in [4.69, 9.17) is 0 Å². The molecule has 0 amide bonds. The average Bonchev–Trinajstić information content (AvgIpc) is 2.56. The number of nitrogens with zero attached hydrogens (tertiary/aromatic N) is 1. The quantitative estimate of drug-likeness (QED) is 0.773. The molecule has 0 aromatic heterocycles. The van der Waals surface area contributed by atoms with E-state index in [1.54, 1.807) is 18.3 Å². The lowest BCUT2D eigenvalue weighted by molar-refractivity contribution is 0.251. The molecule has 2 bridgehead atoms. The second-order valence-corrected chi connectivity index (χ2v) is 7.00. The first-order chi connectivity index (χ1) is 7.03. The summed E-state index contributed by atoms with van der Waals surface area (Å²) in [6.45, 7) is 1.71. The Morgan fingerprint density at radius 3 is 2.27 bits per heavy atom. The first-order valence-corrected chi connectivity index (χ1v) is 7.35. The molecule has 2 aliphatic heterocycles. The molecule has 2 heterocycles. The van der Waals surface area contributed by atoms with Crippen LogP contribution in [-0.4, -0.2) is 43.6 Å². The number of nitrogens with one attached hydrogen (secondary N) is 1. The van der Waals surface area contributed by atoms with E-state index in [0.717, 1.165) is 12.8 Å². The SMILES string of the molecule is CCS(=O)(=O)N(C)C1CC2CCC(C1)N2. The first-order valence-electron chi connectivity index (χ1n) is 5.74. The van der Waals surface area contributed by atoms with Gasteiger partial charge in [0.2, 0.25) is 10.0 Å². The van der Waals surface area contributed by atoms with E-state index in [-0.39, 0.29) is 11.8 Å². The van der Waals surface area contributed by atoms with Gasteiger partial charge in [-0.3, -0.25) is 0 Å². The molecule has 0 aromatic rings. The van der Waals surface area contributed by atoms with Crippen molar-refractivity contribution >= 4 is 10.0 Å². The summed E-state index contributed by atoms with van der Waals surface area (Å²) in [5, 5.41) is 3.52. The highest BCUT2D eigenvalue weighted by Crippen LogP contribution is 2.30. The van der Waals surface area contributed by atoms with Gasteiger partial charge in [0.1, 0.15) is 0 Å². The number of fused-ring (bicyclic) bond motifs is 2. The van der Waals surface area contributed by atoms with Crippen LogP contribution in [0.25, 0.3) is 0 Å². The van der Waals surface area contributed by atoms with Crippen molar-refractivity contribution in [3.8, 4) is 0 Å². The molecule has 2 atom stereocenters. The van der Waals surface area contributed by atoms with E-state index in [1.165, 1.54) is 12.8 Å². The topological polar surface area (TPSA) is 49.4 Å². The van der Waals surface area contributed by atoms with Crippen molar-refractivity contribution in [1.29, 1.82) is 0 Å². The molecule has 15 heavy (non-hydrogen) atoms. The Morgan fingerprint density at radius 2 is 1.80 bits per heavy atom. The highest BCUT2D eigenvalue weighted by molar-refractivity contribution is 7.89. The Morgan fingerprint density at radius 1 is 1.27 bits per heavy atom. The van der Waals surface area contributed by atoms with Crippen LogP contribution in [0, 0.1) is 0 Å². The maximum Gasteiger partial charge on any atom is 0.213 e. The smallest absolute Gasteiger partial charge is 0.213 e. The van der Waals surface area contributed by atoms with Crippen LogP contribution >= 0.6 is 0 Å². The minimum Gasteiger partial charge on any atom is -0.311 e. The van der Waals surface area contributed by atoms with E-state index >= 15 is 0 Å². The fourth-order valence-electron chi connectivity index (χ4n) is 2.75. The fourth-order valence-corrected chi connectivity index (χ4v) is 3.79. The first kappa shape index (κ1) is 11.4. The highest BCUT2D eigenvalue weighted by atomic mass is 32.2. The van der Waals surface area contributed by atoms with Crippen LogP contribution in [0.5, 0.6) is 0 Å². The lowest BCUT2D eigenvalue weighted by Crippen LogP contribution is -2.49. The predicted molar refractivity (Wildman–Crippen MR) is 60.2 cm³/mol. The minimum atomic E-state index is -3.01. The summed E-state index contributed by atoms with van der Waals surface area (Å²) in [5.41, 5.74) is 0. The predicted octanol–water partition coefficient (Wildman–Crippen LogP) is 0.551. The van der Waals surface area contributed by atoms with Crippen LogP contribution in [0.15, 0.2) is 0 Å². The summed E-state index contributed by atoms with van der Waals surface area (Å²) in [7, 11) is -1.28. The van der Waals surface area contributed by atoms with Gasteiger partial charge < -0.3 is 5.32 Å². The normalized spacial score (nSPS) is 36.1. The van der Waals surface area contributed by atoms with Crippen molar-refractivity contribution in [1.82, 2.24) is 9.62 Å². The van der Waals surface area contributed by atoms with Crippen molar-refractivity contribution in [3.05, 3.63) is 0 Å². The lowest BCUT2D eigenvalue weighted by atomic mass is 10.0. The molecule has 2 saturated heterocycles. The van der Waals surface area contributed by atoms with Gasteiger partial charge in [0.25, 0.3) is 0 Å². The van der Waals surface area contributed by atoms with Crippen molar-refractivity contribution in [2.45, 2.75) is 50.7 Å². The van der Waals surface area contributed by atoms with Crippen LogP contribution in [0.1, 0.15) is 32.6 Å².